The number of nitrogens with two attached hydrogens (primary N) is 3. The number of amides is 3. The first-order chi connectivity index (χ1) is 41.8. The van der Waals surface area contributed by atoms with E-state index in [2.05, 4.69) is 65.3 Å². The van der Waals surface area contributed by atoms with E-state index in [9.17, 15) is 32.8 Å². The zero-order valence-corrected chi connectivity index (χ0v) is 52.3. The summed E-state index contributed by atoms with van der Waals surface area (Å²) in [6, 6.07) is 38.8. The summed E-state index contributed by atoms with van der Waals surface area (Å²) in [4.78, 5) is 36.0. The predicted octanol–water partition coefficient (Wildman–Crippen LogP) is 15.0. The van der Waals surface area contributed by atoms with Crippen molar-refractivity contribution in [1.82, 2.24) is 10.6 Å². The number of nitrogens with zero attached hydrogens (tertiary/aromatic N) is 2. The second-order valence-corrected chi connectivity index (χ2v) is 24.7. The molecule has 0 bridgehead atoms. The van der Waals surface area contributed by atoms with Gasteiger partial charge in [0.15, 0.2) is 0 Å². The molecule has 0 heterocycles. The van der Waals surface area contributed by atoms with Crippen molar-refractivity contribution < 1.29 is 37.0 Å². The molecule has 3 fully saturated rings. The van der Waals surface area contributed by atoms with Gasteiger partial charge in [-0.3, -0.25) is 4.79 Å². The average molecular weight is 1270 g/mol. The van der Waals surface area contributed by atoms with Gasteiger partial charge in [0.2, 0.25) is 0 Å². The molecule has 0 unspecified atom stereocenters. The van der Waals surface area contributed by atoms with Gasteiger partial charge in [-0.1, -0.05) is 38.5 Å². The Morgan fingerprint density at radius 2 is 0.864 bits per heavy atom. The molecule has 6 aromatic rings. The highest BCUT2D eigenvalue weighted by Gasteiger charge is 2.30. The van der Waals surface area contributed by atoms with Crippen LogP contribution in [-0.2, 0) is 9.47 Å². The number of rotatable bonds is 13. The van der Waals surface area contributed by atoms with Crippen molar-refractivity contribution in [2.75, 3.05) is 32.3 Å². The maximum Gasteiger partial charge on any atom is 0.407 e. The maximum absolute atomic E-state index is 13.2. The van der Waals surface area contributed by atoms with Gasteiger partial charge in [0, 0.05) is 62.8 Å². The molecule has 0 radical (unpaired) electrons. The SMILES string of the molecule is CC(C)(C)OC(=O)N[C@H]1CCCC[C@H]1Nc1ccc(C#N)c(Br)c1.CC(C)(C)OC(=O)N[C@H]1CCCC[C@H]1Nc1ccc(C#N)c(Nc2ccc(F)cc2)c1.NC(=O)c1ccc(N[C@@H]2CCCC[C@@H]2N)cc1Nc1ccc(F)cc1.Nc1ccc(F)cc1. The Morgan fingerprint density at radius 3 is 1.28 bits per heavy atom. The molecule has 9 rings (SSSR count). The minimum Gasteiger partial charge on any atom is -0.444 e. The van der Waals surface area contributed by atoms with Gasteiger partial charge >= 0.3 is 12.2 Å². The van der Waals surface area contributed by atoms with Crippen LogP contribution in [0.3, 0.4) is 0 Å². The highest BCUT2D eigenvalue weighted by molar-refractivity contribution is 9.10. The highest BCUT2D eigenvalue weighted by atomic mass is 79.9. The number of anilines is 8. The molecule has 0 aromatic heterocycles. The predicted molar refractivity (Wildman–Crippen MR) is 347 cm³/mol. The summed E-state index contributed by atoms with van der Waals surface area (Å²) in [5.74, 6) is -1.41. The van der Waals surface area contributed by atoms with Crippen molar-refractivity contribution in [1.29, 1.82) is 10.5 Å². The molecule has 0 aliphatic heterocycles. The molecule has 0 saturated heterocycles. The first-order valence-corrected chi connectivity index (χ1v) is 30.4. The van der Waals surface area contributed by atoms with Crippen LogP contribution >= 0.6 is 15.9 Å². The van der Waals surface area contributed by atoms with Crippen LogP contribution in [0.4, 0.5) is 68.3 Å². The van der Waals surface area contributed by atoms with Gasteiger partial charge in [0.05, 0.1) is 40.1 Å². The number of nitriles is 2. The summed E-state index contributed by atoms with van der Waals surface area (Å²) in [6.45, 7) is 11.1. The third kappa shape index (κ3) is 23.2. The Bertz CT molecular complexity index is 3310. The molecule has 17 nitrogen and oxygen atoms in total. The van der Waals surface area contributed by atoms with Gasteiger partial charge < -0.3 is 63.9 Å². The topological polar surface area (TPSA) is 280 Å². The monoisotopic (exact) mass is 1270 g/mol. The summed E-state index contributed by atoms with van der Waals surface area (Å²) < 4.78 is 49.8. The number of carbonyl (C=O) groups is 3. The maximum atomic E-state index is 13.2. The fourth-order valence-corrected chi connectivity index (χ4v) is 10.6. The number of halogens is 4. The normalized spacial score (nSPS) is 18.7. The number of hydrogen-bond donors (Lipinski definition) is 10. The standard InChI is InChI=1S/C24H29FN4O2.C19H23FN4O.C18H24BrN3O2.C6H6FN/c1-24(2,3)31-23(30)29-21-7-5-4-6-20(21)28-19-11-8-16(15-26)22(14-19)27-18-12-9-17(25)10-13-18;20-12-5-7-13(8-6-12)23-18-11-14(9-10-15(18)19(22)25)24-17-4-2-1-3-16(17)21;1-18(2,3)24-17(23)22-16-7-5-4-6-15(16)21-13-9-8-12(11-20)14(19)10-13;7-5-1-3-6(8)4-2-5/h8-14,20-21,27-28H,4-7H2,1-3H3,(H,29,30);5-11,16-17,23-24H,1-4,21H2,(H2,22,25);8-10,15-16,21H,4-7H2,1-3H3,(H,22,23);1-4H,8H2/t20-,21+;16-,17+;15-,16+;/m101./s1. The molecule has 3 aliphatic rings. The number of benzene rings is 6. The molecule has 6 atom stereocenters. The summed E-state index contributed by atoms with van der Waals surface area (Å²) in [5.41, 5.74) is 23.2. The fourth-order valence-electron chi connectivity index (χ4n) is 10.2. The number of carbonyl (C=O) groups excluding carboxylic acids is 3. The zero-order valence-electron chi connectivity index (χ0n) is 50.8. The van der Waals surface area contributed by atoms with Crippen molar-refractivity contribution in [3.63, 3.8) is 0 Å². The second kappa shape index (κ2) is 32.9. The largest absolute Gasteiger partial charge is 0.444 e. The Hall–Kier alpha value is -8.66. The molecular weight excluding hydrogens is 1190 g/mol. The molecule has 88 heavy (non-hydrogen) atoms. The van der Waals surface area contributed by atoms with E-state index in [1.54, 1.807) is 42.5 Å². The number of nitrogen functional groups attached to an aromatic ring is 1. The molecule has 3 amide bonds. The molecule has 3 saturated carbocycles. The molecule has 3 aliphatic carbocycles. The van der Waals surface area contributed by atoms with Gasteiger partial charge in [0.1, 0.15) is 40.8 Å². The van der Waals surface area contributed by atoms with E-state index in [0.29, 0.717) is 45.1 Å². The van der Waals surface area contributed by atoms with Gasteiger partial charge in [0.25, 0.3) is 5.91 Å². The Balaban J connectivity index is 0.000000199. The molecule has 6 aromatic carbocycles. The lowest BCUT2D eigenvalue weighted by Gasteiger charge is -2.34. The minimum absolute atomic E-state index is 0.0306. The quantitative estimate of drug-likeness (QED) is 0.0482. The van der Waals surface area contributed by atoms with Crippen molar-refractivity contribution in [3.05, 3.63) is 166 Å². The highest BCUT2D eigenvalue weighted by Crippen LogP contribution is 2.31. The first kappa shape index (κ1) is 68.5. The van der Waals surface area contributed by atoms with E-state index in [1.165, 1.54) is 48.5 Å². The van der Waals surface area contributed by atoms with Crippen LogP contribution in [0, 0.1) is 40.1 Å². The average Bonchev–Trinajstić information content (AvgIpc) is 3.54. The number of primary amides is 1. The molecule has 0 spiro atoms. The number of hydrogen-bond acceptors (Lipinski definition) is 14. The lowest BCUT2D eigenvalue weighted by atomic mass is 9.90. The van der Waals surface area contributed by atoms with Gasteiger partial charge in [-0.2, -0.15) is 10.5 Å². The van der Waals surface area contributed by atoms with E-state index in [0.717, 1.165) is 98.6 Å². The fraction of sp³-hybridized carbons (Fsp3) is 0.388. The Labute approximate surface area is 523 Å². The van der Waals surface area contributed by atoms with Crippen LogP contribution in [0.1, 0.15) is 140 Å². The smallest absolute Gasteiger partial charge is 0.407 e. The molecule has 468 valence electrons. The van der Waals surface area contributed by atoms with Crippen LogP contribution in [0.5, 0.6) is 0 Å². The van der Waals surface area contributed by atoms with Gasteiger partial charge in [-0.25, -0.2) is 22.8 Å². The lowest BCUT2D eigenvalue weighted by Crippen LogP contribution is -2.49. The van der Waals surface area contributed by atoms with Crippen molar-refractivity contribution in [3.8, 4) is 12.1 Å². The van der Waals surface area contributed by atoms with Crippen LogP contribution in [0.15, 0.2) is 132 Å². The zero-order chi connectivity index (χ0) is 64.0. The number of ether oxygens (including phenoxy) is 2. The van der Waals surface area contributed by atoms with E-state index in [1.807, 2.05) is 77.9 Å². The first-order valence-electron chi connectivity index (χ1n) is 29.6. The summed E-state index contributed by atoms with van der Waals surface area (Å²) in [7, 11) is 0. The van der Waals surface area contributed by atoms with E-state index >= 15 is 0 Å². The minimum atomic E-state index is -0.546. The van der Waals surface area contributed by atoms with Crippen molar-refractivity contribution >= 4 is 79.5 Å². The van der Waals surface area contributed by atoms with Gasteiger partial charge in [-0.05, 0) is 223 Å². The van der Waals surface area contributed by atoms with Crippen molar-refractivity contribution in [2.45, 2.75) is 166 Å². The summed E-state index contributed by atoms with van der Waals surface area (Å²) in [5, 5.41) is 41.2. The molecular formula is C67H82BrF3N12O5. The second-order valence-electron chi connectivity index (χ2n) is 23.9. The van der Waals surface area contributed by atoms with Crippen LogP contribution in [-0.4, -0.2) is 65.5 Å². The summed E-state index contributed by atoms with van der Waals surface area (Å²) in [6.07, 6.45) is 11.6. The number of nitrogens with one attached hydrogen (secondary N) is 7. The third-order valence-electron chi connectivity index (χ3n) is 14.4. The summed E-state index contributed by atoms with van der Waals surface area (Å²) >= 11 is 3.41. The number of alkyl carbamates (subject to hydrolysis) is 2. The van der Waals surface area contributed by atoms with Crippen LogP contribution in [0.25, 0.3) is 0 Å². The van der Waals surface area contributed by atoms with E-state index < -0.39 is 23.2 Å². The third-order valence-corrected chi connectivity index (χ3v) is 15.1. The molecule has 21 heteroatoms. The van der Waals surface area contributed by atoms with Crippen LogP contribution in [0.2, 0.25) is 0 Å². The Kier molecular flexibility index (Phi) is 25.6. The van der Waals surface area contributed by atoms with Crippen molar-refractivity contribution in [2.24, 2.45) is 11.5 Å². The lowest BCUT2D eigenvalue weighted by molar-refractivity contribution is 0.0477. The van der Waals surface area contributed by atoms with E-state index in [-0.39, 0.29) is 59.8 Å². The van der Waals surface area contributed by atoms with Gasteiger partial charge in [-0.15, -0.1) is 0 Å². The van der Waals surface area contributed by atoms with Crippen LogP contribution < -0.4 is 54.4 Å². The Morgan fingerprint density at radius 1 is 0.500 bits per heavy atom. The molecule has 13 N–H and O–H groups in total. The van der Waals surface area contributed by atoms with E-state index in [4.69, 9.17) is 31.9 Å².